The Morgan fingerprint density at radius 2 is 1.79 bits per heavy atom. The Morgan fingerprint density at radius 1 is 0.786 bits per heavy atom. The highest BCUT2D eigenvalue weighted by Crippen LogP contribution is 2.67. The summed E-state index contributed by atoms with van der Waals surface area (Å²) >= 11 is 2.88. The molecule has 1 aliphatic rings. The largest absolute Gasteiger partial charge is 0.348 e. The van der Waals surface area contributed by atoms with Crippen LogP contribution in [-0.2, 0) is 11.0 Å². The normalized spacial score (nSPS) is 20.4. The van der Waals surface area contributed by atoms with Crippen LogP contribution in [0, 0.1) is 0 Å². The van der Waals surface area contributed by atoms with Gasteiger partial charge in [-0.25, -0.2) is 9.97 Å². The van der Waals surface area contributed by atoms with Gasteiger partial charge >= 0.3 is 0 Å². The lowest BCUT2D eigenvalue weighted by Crippen LogP contribution is -2.58. The van der Waals surface area contributed by atoms with Crippen LogP contribution in [0.15, 0.2) is 103 Å². The maximum absolute atomic E-state index is 5.03. The van der Waals surface area contributed by atoms with Crippen molar-refractivity contribution in [2.24, 2.45) is 0 Å². The minimum Gasteiger partial charge on any atom is -0.348 e. The molecule has 3 N–H and O–H groups in total. The molecule has 0 saturated heterocycles. The van der Waals surface area contributed by atoms with Crippen molar-refractivity contribution in [1.82, 2.24) is 54.7 Å². The molecule has 0 radical (unpaired) electrons. The van der Waals surface area contributed by atoms with Crippen molar-refractivity contribution in [2.75, 3.05) is 4.90 Å². The van der Waals surface area contributed by atoms with Crippen molar-refractivity contribution in [3.63, 3.8) is 0 Å². The molecule has 2 atom stereocenters. The van der Waals surface area contributed by atoms with Crippen LogP contribution in [0.2, 0.25) is 0 Å². The first-order chi connectivity index (χ1) is 20.9. The molecule has 1 aliphatic heterocycles. The number of hydrogen-bond donors (Lipinski definition) is 3. The molecule has 8 rings (SSSR count). The molecule has 0 bridgehead atoms. The summed E-state index contributed by atoms with van der Waals surface area (Å²) in [4.78, 5) is 28.4. The summed E-state index contributed by atoms with van der Waals surface area (Å²) in [6, 6.07) is 11.8. The van der Waals surface area contributed by atoms with Crippen LogP contribution in [0.5, 0.6) is 0 Å². The highest BCUT2D eigenvalue weighted by Gasteiger charge is 2.72. The first-order valence-corrected chi connectivity index (χ1v) is 14.6. The fraction of sp³-hybridized carbons (Fsp3) is 0.0714. The van der Waals surface area contributed by atoms with E-state index in [9.17, 15) is 0 Å². The smallest absolute Gasteiger partial charge is 0.155 e. The van der Waals surface area contributed by atoms with E-state index in [1.54, 1.807) is 49.6 Å². The number of nitrogens with one attached hydrogen (secondary N) is 3. The van der Waals surface area contributed by atoms with E-state index in [4.69, 9.17) is 24.4 Å². The van der Waals surface area contributed by atoms with Gasteiger partial charge in [0.1, 0.15) is 16.2 Å². The van der Waals surface area contributed by atoms with Gasteiger partial charge in [-0.3, -0.25) is 15.1 Å². The van der Waals surface area contributed by atoms with Gasteiger partial charge in [0.15, 0.2) is 11.4 Å². The average Bonchev–Trinajstić information content (AvgIpc) is 3.89. The van der Waals surface area contributed by atoms with Crippen molar-refractivity contribution in [3.8, 4) is 0 Å². The number of aromatic nitrogens is 11. The lowest BCUT2D eigenvalue weighted by atomic mass is 9.61. The van der Waals surface area contributed by atoms with E-state index in [0.717, 1.165) is 33.5 Å². The molecule has 14 heteroatoms. The fourth-order valence-electron chi connectivity index (χ4n) is 6.14. The number of aromatic amines is 3. The van der Waals surface area contributed by atoms with E-state index in [-0.39, 0.29) is 0 Å². The molecule has 0 fully saturated rings. The summed E-state index contributed by atoms with van der Waals surface area (Å²) in [7, 11) is 0. The quantitative estimate of drug-likeness (QED) is 0.248. The Bertz CT molecular complexity index is 1920. The Hall–Kier alpha value is -5.34. The van der Waals surface area contributed by atoms with Crippen LogP contribution in [0.3, 0.4) is 0 Å². The summed E-state index contributed by atoms with van der Waals surface area (Å²) < 4.78 is 5.03. The predicted molar refractivity (Wildman–Crippen MR) is 157 cm³/mol. The van der Waals surface area contributed by atoms with Crippen LogP contribution < -0.4 is 4.90 Å². The monoisotopic (exact) mass is 588 g/mol. The molecular weight excluding hydrogens is 569 g/mol. The molecule has 7 aromatic heterocycles. The van der Waals surface area contributed by atoms with Crippen LogP contribution in [-0.4, -0.2) is 54.7 Å². The number of anilines is 1. The zero-order valence-corrected chi connectivity index (χ0v) is 23.3. The molecule has 7 aromatic rings. The number of rotatable bonds is 7. The van der Waals surface area contributed by atoms with Gasteiger partial charge in [-0.1, -0.05) is 0 Å². The molecule has 0 amide bonds. The van der Waals surface area contributed by atoms with Gasteiger partial charge in [0.25, 0.3) is 0 Å². The van der Waals surface area contributed by atoms with E-state index in [0.29, 0.717) is 17.2 Å². The third kappa shape index (κ3) is 3.21. The fourth-order valence-corrected chi connectivity index (χ4v) is 7.60. The summed E-state index contributed by atoms with van der Waals surface area (Å²) in [6.07, 6.45) is 15.8. The van der Waals surface area contributed by atoms with Gasteiger partial charge < -0.3 is 14.9 Å². The molecular formula is C28H20N12S2. The van der Waals surface area contributed by atoms with E-state index in [1.165, 1.54) is 22.9 Å². The third-order valence-corrected chi connectivity index (χ3v) is 8.93. The van der Waals surface area contributed by atoms with Crippen LogP contribution in [0.4, 0.5) is 5.82 Å². The lowest BCUT2D eigenvalue weighted by molar-refractivity contribution is 0.375. The zero-order chi connectivity index (χ0) is 28.0. The van der Waals surface area contributed by atoms with Crippen molar-refractivity contribution >= 4 is 40.0 Å². The van der Waals surface area contributed by atoms with Gasteiger partial charge in [0.2, 0.25) is 0 Å². The van der Waals surface area contributed by atoms with E-state index < -0.39 is 11.0 Å². The molecule has 0 spiro atoms. The van der Waals surface area contributed by atoms with Gasteiger partial charge in [-0.15, -0.1) is 11.3 Å². The maximum atomic E-state index is 5.03. The van der Waals surface area contributed by atoms with Crippen LogP contribution in [0.25, 0.3) is 11.3 Å². The number of H-pyrrole nitrogens is 3. The minimum atomic E-state index is -1.23. The summed E-state index contributed by atoms with van der Waals surface area (Å²) in [5, 5.41) is 21.5. The minimum absolute atomic E-state index is 0.625. The maximum Gasteiger partial charge on any atom is 0.155 e. The highest BCUT2D eigenvalue weighted by molar-refractivity contribution is 7.09. The van der Waals surface area contributed by atoms with Crippen LogP contribution in [0.1, 0.15) is 33.6 Å². The molecule has 12 nitrogen and oxygen atoms in total. The predicted octanol–water partition coefficient (Wildman–Crippen LogP) is 4.27. The number of nitrogens with zero attached hydrogens (tertiary/aromatic N) is 9. The van der Waals surface area contributed by atoms with Crippen LogP contribution >= 0.6 is 22.9 Å². The Morgan fingerprint density at radius 3 is 2.45 bits per heavy atom. The SMILES string of the molecule is c1cnnc(C2(c3nccs3)C(c3ccn[nH]3)=C(c3ncc[nH]3)N(c3ccc[nH]3)C2(c2cnccn2)c2ccsn2)c1. The molecule has 204 valence electrons. The topological polar surface area (TPSA) is 154 Å². The Labute approximate surface area is 246 Å². The van der Waals surface area contributed by atoms with Crippen molar-refractivity contribution in [1.29, 1.82) is 0 Å². The summed E-state index contributed by atoms with van der Waals surface area (Å²) in [5.74, 6) is 1.40. The average molecular weight is 589 g/mol. The zero-order valence-electron chi connectivity index (χ0n) is 21.7. The van der Waals surface area contributed by atoms with Gasteiger partial charge in [-0.2, -0.15) is 19.7 Å². The Balaban J connectivity index is 1.69. The highest BCUT2D eigenvalue weighted by atomic mass is 32.1. The molecule has 0 aromatic carbocycles. The van der Waals surface area contributed by atoms with Crippen molar-refractivity contribution < 1.29 is 0 Å². The number of hydrogen-bond acceptors (Lipinski definition) is 11. The van der Waals surface area contributed by atoms with Gasteiger partial charge in [0.05, 0.1) is 34.7 Å². The molecule has 2 unspecified atom stereocenters. The number of imidazole rings is 1. The van der Waals surface area contributed by atoms with Crippen molar-refractivity contribution in [3.05, 3.63) is 137 Å². The second-order valence-corrected chi connectivity index (χ2v) is 11.0. The summed E-state index contributed by atoms with van der Waals surface area (Å²) in [5.41, 5.74) is 1.89. The molecule has 0 saturated carbocycles. The Kier molecular flexibility index (Phi) is 5.61. The van der Waals surface area contributed by atoms with E-state index in [2.05, 4.69) is 35.1 Å². The molecule has 42 heavy (non-hydrogen) atoms. The molecule has 8 heterocycles. The van der Waals surface area contributed by atoms with Gasteiger partial charge in [-0.05, 0) is 47.9 Å². The second-order valence-electron chi connectivity index (χ2n) is 9.40. The standard InChI is InChI=1S/C28H20N12S2/c1-3-19(38-35-8-1)27(26-34-14-16-41-26)23(18-5-9-36-37-18)24(25-32-12-13-33-25)40(22-4-2-7-31-22)28(27,20-6-15-42-39-20)21-17-29-10-11-30-21/h1-17,31H,(H,32,33)(H,36,37). The first-order valence-electron chi connectivity index (χ1n) is 12.9. The van der Waals surface area contributed by atoms with Gasteiger partial charge in [0, 0.05) is 65.9 Å². The third-order valence-electron chi connectivity index (χ3n) is 7.48. The number of thiazole rings is 1. The lowest BCUT2D eigenvalue weighted by Gasteiger charge is -2.48. The first kappa shape index (κ1) is 24.5. The van der Waals surface area contributed by atoms with E-state index >= 15 is 0 Å². The molecule has 0 aliphatic carbocycles. The summed E-state index contributed by atoms with van der Waals surface area (Å²) in [6.45, 7) is 0. The van der Waals surface area contributed by atoms with Crippen molar-refractivity contribution in [2.45, 2.75) is 11.0 Å². The van der Waals surface area contributed by atoms with E-state index in [1.807, 2.05) is 53.4 Å². The second kappa shape index (κ2) is 9.64.